The van der Waals surface area contributed by atoms with E-state index in [9.17, 15) is 4.79 Å². The van der Waals surface area contributed by atoms with Crippen molar-refractivity contribution >= 4 is 5.91 Å². The summed E-state index contributed by atoms with van der Waals surface area (Å²) in [7, 11) is 1.63. The summed E-state index contributed by atoms with van der Waals surface area (Å²) >= 11 is 0. The molecular weight excluding hydrogens is 158 g/mol. The summed E-state index contributed by atoms with van der Waals surface area (Å²) in [6.07, 6.45) is 0. The van der Waals surface area contributed by atoms with Crippen molar-refractivity contribution in [3.63, 3.8) is 0 Å². The Kier molecular flexibility index (Phi) is 2.69. The number of carbonyl (C=O) groups is 1. The van der Waals surface area contributed by atoms with Gasteiger partial charge in [0.1, 0.15) is 6.61 Å². The van der Waals surface area contributed by atoms with Crippen LogP contribution in [0.3, 0.4) is 0 Å². The third-order valence-corrected chi connectivity index (χ3v) is 2.22. The van der Waals surface area contributed by atoms with Crippen LogP contribution in [0.5, 0.6) is 0 Å². The van der Waals surface area contributed by atoms with E-state index in [1.165, 1.54) is 0 Å². The molecule has 1 N–H and O–H groups in total. The van der Waals surface area contributed by atoms with Gasteiger partial charge in [-0.05, 0) is 13.8 Å². The Balaban J connectivity index is 2.56. The Morgan fingerprint density at radius 2 is 2.33 bits per heavy atom. The first-order valence-electron chi connectivity index (χ1n) is 3.98. The summed E-state index contributed by atoms with van der Waals surface area (Å²) in [5, 5.41) is 2.82. The summed E-state index contributed by atoms with van der Waals surface area (Å²) in [4.78, 5) is 10.9. The predicted molar refractivity (Wildman–Crippen MR) is 43.8 cm³/mol. The van der Waals surface area contributed by atoms with E-state index in [1.54, 1.807) is 7.11 Å². The Morgan fingerprint density at radius 3 is 2.83 bits per heavy atom. The number of morpholine rings is 1. The van der Waals surface area contributed by atoms with Crippen LogP contribution >= 0.6 is 0 Å². The Morgan fingerprint density at radius 1 is 1.67 bits per heavy atom. The molecule has 0 radical (unpaired) electrons. The predicted octanol–water partition coefficient (Wildman–Crippen LogP) is -0.0736. The molecule has 1 amide bonds. The van der Waals surface area contributed by atoms with Crippen LogP contribution in [0.2, 0.25) is 0 Å². The summed E-state index contributed by atoms with van der Waals surface area (Å²) in [5.41, 5.74) is -0.365. The SMILES string of the molecule is COC(C)(C)C1COCC(=O)N1. The lowest BCUT2D eigenvalue weighted by molar-refractivity contribution is -0.138. The zero-order valence-electron chi connectivity index (χ0n) is 7.72. The van der Waals surface area contributed by atoms with Crippen LogP contribution in [0.15, 0.2) is 0 Å². The normalized spacial score (nSPS) is 25.2. The van der Waals surface area contributed by atoms with Gasteiger partial charge in [-0.2, -0.15) is 0 Å². The molecule has 0 aliphatic carbocycles. The van der Waals surface area contributed by atoms with Crippen molar-refractivity contribution in [2.24, 2.45) is 0 Å². The first kappa shape index (κ1) is 9.48. The largest absolute Gasteiger partial charge is 0.377 e. The van der Waals surface area contributed by atoms with Gasteiger partial charge in [0, 0.05) is 7.11 Å². The van der Waals surface area contributed by atoms with Crippen molar-refractivity contribution in [2.75, 3.05) is 20.3 Å². The molecule has 70 valence electrons. The van der Waals surface area contributed by atoms with Crippen LogP contribution in [0.1, 0.15) is 13.8 Å². The van der Waals surface area contributed by atoms with E-state index in [-0.39, 0.29) is 24.2 Å². The Bertz CT molecular complexity index is 179. The van der Waals surface area contributed by atoms with E-state index >= 15 is 0 Å². The molecule has 4 heteroatoms. The van der Waals surface area contributed by atoms with Crippen molar-refractivity contribution < 1.29 is 14.3 Å². The Hall–Kier alpha value is -0.610. The Labute approximate surface area is 72.2 Å². The van der Waals surface area contributed by atoms with Gasteiger partial charge in [0.25, 0.3) is 0 Å². The lowest BCUT2D eigenvalue weighted by Crippen LogP contribution is -2.56. The average molecular weight is 173 g/mol. The van der Waals surface area contributed by atoms with Crippen molar-refractivity contribution in [1.29, 1.82) is 0 Å². The maximum Gasteiger partial charge on any atom is 0.246 e. The summed E-state index contributed by atoms with van der Waals surface area (Å²) < 4.78 is 10.3. The second kappa shape index (κ2) is 3.41. The topological polar surface area (TPSA) is 47.6 Å². The standard InChI is InChI=1S/C8H15NO3/c1-8(2,11-3)6-4-12-5-7(10)9-6/h6H,4-5H2,1-3H3,(H,9,10). The molecule has 0 spiro atoms. The number of methoxy groups -OCH3 is 1. The van der Waals surface area contributed by atoms with Crippen LogP contribution in [0.4, 0.5) is 0 Å². The number of nitrogens with one attached hydrogen (secondary N) is 1. The quantitative estimate of drug-likeness (QED) is 0.635. The molecule has 1 atom stereocenters. The molecule has 1 rings (SSSR count). The van der Waals surface area contributed by atoms with Gasteiger partial charge in [0.15, 0.2) is 0 Å². The maximum absolute atomic E-state index is 10.9. The highest BCUT2D eigenvalue weighted by molar-refractivity contribution is 5.78. The molecule has 1 unspecified atom stereocenters. The highest BCUT2D eigenvalue weighted by atomic mass is 16.5. The van der Waals surface area contributed by atoms with Crippen LogP contribution in [0, 0.1) is 0 Å². The highest BCUT2D eigenvalue weighted by Crippen LogP contribution is 2.15. The van der Waals surface area contributed by atoms with E-state index in [0.717, 1.165) is 0 Å². The lowest BCUT2D eigenvalue weighted by atomic mass is 9.98. The van der Waals surface area contributed by atoms with Gasteiger partial charge in [-0.25, -0.2) is 0 Å². The fraction of sp³-hybridized carbons (Fsp3) is 0.875. The third kappa shape index (κ3) is 1.95. The second-order valence-corrected chi connectivity index (χ2v) is 3.44. The molecule has 0 aromatic rings. The number of hydrogen-bond acceptors (Lipinski definition) is 3. The van der Waals surface area contributed by atoms with Crippen LogP contribution < -0.4 is 5.32 Å². The molecule has 4 nitrogen and oxygen atoms in total. The molecule has 0 bridgehead atoms. The van der Waals surface area contributed by atoms with Gasteiger partial charge >= 0.3 is 0 Å². The molecule has 1 aliphatic heterocycles. The van der Waals surface area contributed by atoms with Gasteiger partial charge in [0.05, 0.1) is 18.2 Å². The van der Waals surface area contributed by atoms with Gasteiger partial charge < -0.3 is 14.8 Å². The van der Waals surface area contributed by atoms with Gasteiger partial charge in [-0.3, -0.25) is 4.79 Å². The molecule has 1 heterocycles. The van der Waals surface area contributed by atoms with Crippen molar-refractivity contribution in [3.8, 4) is 0 Å². The van der Waals surface area contributed by atoms with E-state index < -0.39 is 0 Å². The number of carbonyl (C=O) groups excluding carboxylic acids is 1. The molecule has 0 saturated carbocycles. The highest BCUT2D eigenvalue weighted by Gasteiger charge is 2.33. The minimum absolute atomic E-state index is 0.0521. The molecule has 1 saturated heterocycles. The van der Waals surface area contributed by atoms with E-state index in [1.807, 2.05) is 13.8 Å². The molecule has 12 heavy (non-hydrogen) atoms. The van der Waals surface area contributed by atoms with E-state index in [4.69, 9.17) is 9.47 Å². The molecule has 0 aromatic heterocycles. The van der Waals surface area contributed by atoms with Crippen molar-refractivity contribution in [1.82, 2.24) is 5.32 Å². The zero-order valence-corrected chi connectivity index (χ0v) is 7.72. The van der Waals surface area contributed by atoms with Gasteiger partial charge in [-0.15, -0.1) is 0 Å². The fourth-order valence-electron chi connectivity index (χ4n) is 1.06. The first-order valence-corrected chi connectivity index (χ1v) is 3.98. The molecule has 0 aromatic carbocycles. The number of hydrogen-bond donors (Lipinski definition) is 1. The van der Waals surface area contributed by atoms with Crippen LogP contribution in [-0.2, 0) is 14.3 Å². The van der Waals surface area contributed by atoms with Gasteiger partial charge in [0.2, 0.25) is 5.91 Å². The monoisotopic (exact) mass is 173 g/mol. The fourth-order valence-corrected chi connectivity index (χ4v) is 1.06. The number of rotatable bonds is 2. The number of ether oxygens (including phenoxy) is 2. The minimum atomic E-state index is -0.365. The smallest absolute Gasteiger partial charge is 0.246 e. The second-order valence-electron chi connectivity index (χ2n) is 3.44. The van der Waals surface area contributed by atoms with Crippen molar-refractivity contribution in [2.45, 2.75) is 25.5 Å². The summed E-state index contributed by atoms with van der Waals surface area (Å²) in [6, 6.07) is -0.0521. The van der Waals surface area contributed by atoms with Crippen LogP contribution in [0.25, 0.3) is 0 Å². The maximum atomic E-state index is 10.9. The minimum Gasteiger partial charge on any atom is -0.377 e. The number of amides is 1. The molecular formula is C8H15NO3. The van der Waals surface area contributed by atoms with Crippen LogP contribution in [-0.4, -0.2) is 37.9 Å². The third-order valence-electron chi connectivity index (χ3n) is 2.22. The molecule has 1 fully saturated rings. The average Bonchev–Trinajstić information content (AvgIpc) is 2.05. The van der Waals surface area contributed by atoms with E-state index in [2.05, 4.69) is 5.32 Å². The first-order chi connectivity index (χ1) is 5.56. The van der Waals surface area contributed by atoms with Crippen molar-refractivity contribution in [3.05, 3.63) is 0 Å². The summed E-state index contributed by atoms with van der Waals surface area (Å²) in [6.45, 7) is 4.53. The van der Waals surface area contributed by atoms with Gasteiger partial charge in [-0.1, -0.05) is 0 Å². The molecule has 1 aliphatic rings. The summed E-state index contributed by atoms with van der Waals surface area (Å²) in [5.74, 6) is -0.0728. The van der Waals surface area contributed by atoms with E-state index in [0.29, 0.717) is 6.61 Å². The lowest BCUT2D eigenvalue weighted by Gasteiger charge is -2.35. The zero-order chi connectivity index (χ0) is 9.19.